The van der Waals surface area contributed by atoms with Crippen LogP contribution in [0, 0.1) is 23.7 Å². The molecule has 0 N–H and O–H groups in total. The van der Waals surface area contributed by atoms with E-state index in [1.54, 1.807) is 5.92 Å². The van der Waals surface area contributed by atoms with Crippen molar-refractivity contribution in [2.75, 3.05) is 0 Å². The molecule has 0 aromatic rings. The van der Waals surface area contributed by atoms with Crippen LogP contribution >= 0.6 is 0 Å². The van der Waals surface area contributed by atoms with Gasteiger partial charge in [0.2, 0.25) is 0 Å². The van der Waals surface area contributed by atoms with E-state index in [1.165, 1.54) is 6.07 Å². The third kappa shape index (κ3) is 1.05. The van der Waals surface area contributed by atoms with Gasteiger partial charge in [0.1, 0.15) is 0 Å². The molecule has 18 valence electrons. The lowest BCUT2D eigenvalue weighted by atomic mass is 10.8. The highest BCUT2D eigenvalue weighted by Crippen LogP contribution is 1.27. The summed E-state index contributed by atoms with van der Waals surface area (Å²) in [4.78, 5) is 0. The van der Waals surface area contributed by atoms with Crippen molar-refractivity contribution in [3.63, 3.8) is 0 Å². The fraction of sp³-hybridized carbons (Fsp3) is 0. The van der Waals surface area contributed by atoms with E-state index in [-0.39, 0.29) is 0 Å². The lowest BCUT2D eigenvalue weighted by molar-refractivity contribution is 1.55. The molecule has 0 atom stereocenters. The Kier molecular flexibility index (Phi) is 1.56. The molecule has 0 aromatic heterocycles. The van der Waals surface area contributed by atoms with E-state index in [2.05, 4.69) is 6.42 Å². The standard InChI is InChI=1S/C3HN/c1-2-3-4/h1H/i4+0. The van der Waals surface area contributed by atoms with Gasteiger partial charge in [-0.1, -0.05) is 0 Å². The summed E-state index contributed by atoms with van der Waals surface area (Å²) in [6.07, 6.45) is 4.42. The molecule has 0 rings (SSSR count). The Bertz CT molecular complexity index is 58.3. The van der Waals surface area contributed by atoms with Crippen molar-refractivity contribution in [1.29, 1.82) is 5.26 Å². The van der Waals surface area contributed by atoms with Gasteiger partial charge < -0.3 is 0 Å². The molecule has 0 saturated heterocycles. The topological polar surface area (TPSA) is 23.8 Å². The average Bonchev–Trinajstić information content (AvgIpc) is 1.37. The van der Waals surface area contributed by atoms with Crippen LogP contribution in [0.5, 0.6) is 0 Å². The molecule has 0 aliphatic rings. The van der Waals surface area contributed by atoms with E-state index in [9.17, 15) is 0 Å². The monoisotopic (exact) mass is 51.0 g/mol. The van der Waals surface area contributed by atoms with Gasteiger partial charge >= 0.3 is 0 Å². The molecule has 0 aliphatic heterocycles. The molecule has 1 heteroatoms. The molecule has 0 aromatic carbocycles. The van der Waals surface area contributed by atoms with E-state index in [1.807, 2.05) is 0 Å². The van der Waals surface area contributed by atoms with Crippen LogP contribution < -0.4 is 0 Å². The van der Waals surface area contributed by atoms with Crippen molar-refractivity contribution in [2.24, 2.45) is 0 Å². The minimum absolute atomic E-state index is 1.46. The van der Waals surface area contributed by atoms with Gasteiger partial charge in [-0.25, -0.2) is 0 Å². The second-order valence-corrected chi connectivity index (χ2v) is 0.256. The predicted molar refractivity (Wildman–Crippen MR) is 14.4 cm³/mol. The van der Waals surface area contributed by atoms with E-state index in [0.29, 0.717) is 0 Å². The molecule has 0 saturated carbocycles. The maximum atomic E-state index is 7.39. The third-order valence-corrected chi connectivity index (χ3v) is 0.0645. The van der Waals surface area contributed by atoms with Gasteiger partial charge in [-0.15, -0.1) is 6.42 Å². The van der Waals surface area contributed by atoms with Crippen LogP contribution in [0.3, 0.4) is 0 Å². The van der Waals surface area contributed by atoms with Gasteiger partial charge in [-0.05, 0) is 0 Å². The average molecular weight is 51.0 g/mol. The van der Waals surface area contributed by atoms with E-state index in [4.69, 9.17) is 5.26 Å². The van der Waals surface area contributed by atoms with E-state index in [0.717, 1.165) is 0 Å². The smallest absolute Gasteiger partial charge is 0.152 e. The van der Waals surface area contributed by atoms with Crippen molar-refractivity contribution in [2.45, 2.75) is 0 Å². The number of rotatable bonds is 0. The summed E-state index contributed by atoms with van der Waals surface area (Å²) in [6.45, 7) is 0. The highest BCUT2D eigenvalue weighted by atomic mass is 14.2. The van der Waals surface area contributed by atoms with Crippen LogP contribution in [-0.2, 0) is 0 Å². The van der Waals surface area contributed by atoms with Crippen LogP contribution in [-0.4, -0.2) is 0 Å². The normalized spacial score (nSPS) is 2.50. The summed E-state index contributed by atoms with van der Waals surface area (Å²) in [5, 5.41) is 7.39. The molecule has 1 nitrogen and oxygen atoms in total. The zero-order chi connectivity index (χ0) is 3.41. The summed E-state index contributed by atoms with van der Waals surface area (Å²) >= 11 is 0. The van der Waals surface area contributed by atoms with Crippen LogP contribution in [0.15, 0.2) is 0 Å². The second-order valence-electron chi connectivity index (χ2n) is 0.256. The zero-order valence-electron chi connectivity index (χ0n) is 2.02. The Morgan fingerprint density at radius 2 is 2.00 bits per heavy atom. The van der Waals surface area contributed by atoms with Gasteiger partial charge in [0.15, 0.2) is 6.07 Å². The molecular formula is C3HN. The van der Waals surface area contributed by atoms with Crippen molar-refractivity contribution >= 4 is 0 Å². The lowest BCUT2D eigenvalue weighted by Crippen LogP contribution is -1.26. The highest BCUT2D eigenvalue weighted by molar-refractivity contribution is 5.08. The van der Waals surface area contributed by atoms with Crippen molar-refractivity contribution in [3.05, 3.63) is 0 Å². The van der Waals surface area contributed by atoms with Gasteiger partial charge in [-0.3, -0.25) is 0 Å². The minimum Gasteiger partial charge on any atom is -0.183 e. The fourth-order valence-corrected chi connectivity index (χ4v) is 0. The summed E-state index contributed by atoms with van der Waals surface area (Å²) in [7, 11) is 0. The van der Waals surface area contributed by atoms with Crippen LogP contribution in [0.2, 0.25) is 0 Å². The first-order valence-electron chi connectivity index (χ1n) is 0.762. The first-order valence-corrected chi connectivity index (χ1v) is 0.762. The van der Waals surface area contributed by atoms with Gasteiger partial charge in [0, 0.05) is 5.92 Å². The van der Waals surface area contributed by atoms with Crippen LogP contribution in [0.1, 0.15) is 0 Å². The number of hydrogen-bond donors (Lipinski definition) is 0. The first kappa shape index (κ1) is 3.05. The Hall–Kier alpha value is -0.950. The molecule has 0 radical (unpaired) electrons. The molecule has 0 spiro atoms. The quantitative estimate of drug-likeness (QED) is 0.359. The number of terminal acetylenes is 1. The molecular weight excluding hydrogens is 50.0 g/mol. The Labute approximate surface area is 24.9 Å². The second kappa shape index (κ2) is 2.05. The molecule has 4 heavy (non-hydrogen) atoms. The Morgan fingerprint density at radius 1 is 1.75 bits per heavy atom. The third-order valence-electron chi connectivity index (χ3n) is 0.0645. The summed E-state index contributed by atoms with van der Waals surface area (Å²) in [5.41, 5.74) is 0. The van der Waals surface area contributed by atoms with E-state index < -0.39 is 0 Å². The lowest BCUT2D eigenvalue weighted by Gasteiger charge is -1.23. The molecule has 0 heterocycles. The fourth-order valence-electron chi connectivity index (χ4n) is 0. The number of nitriles is 1. The number of nitrogens with zero attached hydrogens (tertiary/aromatic N) is 1. The van der Waals surface area contributed by atoms with Gasteiger partial charge in [-0.2, -0.15) is 5.26 Å². The van der Waals surface area contributed by atoms with Crippen molar-refractivity contribution in [3.8, 4) is 18.4 Å². The molecule has 0 unspecified atom stereocenters. The predicted octanol–water partition coefficient (Wildman–Crippen LogP) is 0.143. The van der Waals surface area contributed by atoms with Gasteiger partial charge in [0.05, 0.1) is 0 Å². The van der Waals surface area contributed by atoms with Gasteiger partial charge in [0.25, 0.3) is 0 Å². The maximum Gasteiger partial charge on any atom is 0.152 e. The minimum atomic E-state index is 1.46. The zero-order valence-corrected chi connectivity index (χ0v) is 2.02. The molecule has 0 amide bonds. The SMILES string of the molecule is C#CC#[14N]. The Balaban J connectivity index is 3.14. The summed E-state index contributed by atoms with van der Waals surface area (Å²) in [5.74, 6) is 1.74. The highest BCUT2D eigenvalue weighted by Gasteiger charge is 1.31. The van der Waals surface area contributed by atoms with Crippen molar-refractivity contribution in [1.82, 2.24) is 0 Å². The molecule has 0 aliphatic carbocycles. The first-order chi connectivity index (χ1) is 1.91. The molecule has 0 bridgehead atoms. The Morgan fingerprint density at radius 3 is 2.00 bits per heavy atom. The summed E-state index contributed by atoms with van der Waals surface area (Å²) < 4.78 is 0. The van der Waals surface area contributed by atoms with Crippen molar-refractivity contribution < 1.29 is 0 Å². The number of hydrogen-bond acceptors (Lipinski definition) is 1. The largest absolute Gasteiger partial charge is 0.183 e. The maximum absolute atomic E-state index is 7.39. The van der Waals surface area contributed by atoms with E-state index >= 15 is 0 Å². The summed E-state index contributed by atoms with van der Waals surface area (Å²) in [6, 6.07) is 1.46. The van der Waals surface area contributed by atoms with Crippen LogP contribution in [0.4, 0.5) is 0 Å². The molecule has 0 fully saturated rings. The van der Waals surface area contributed by atoms with Crippen LogP contribution in [0.25, 0.3) is 0 Å².